The van der Waals surface area contributed by atoms with Gasteiger partial charge in [0.1, 0.15) is 0 Å². The van der Waals surface area contributed by atoms with Gasteiger partial charge in [-0.3, -0.25) is 4.99 Å². The summed E-state index contributed by atoms with van der Waals surface area (Å²) in [5, 5.41) is 16.9. The summed E-state index contributed by atoms with van der Waals surface area (Å²) in [7, 11) is 0. The van der Waals surface area contributed by atoms with Gasteiger partial charge >= 0.3 is 0 Å². The van der Waals surface area contributed by atoms with Gasteiger partial charge < -0.3 is 20.6 Å². The Morgan fingerprint density at radius 1 is 1.27 bits per heavy atom. The molecule has 3 rings (SSSR count). The molecule has 3 N–H and O–H groups in total. The van der Waals surface area contributed by atoms with Crippen LogP contribution in [-0.4, -0.2) is 59.4 Å². The Balaban J connectivity index is 0.00000243. The monoisotopic (exact) mass is 474 g/mol. The number of nitrogens with zero attached hydrogens (tertiary/aromatic N) is 4. The zero-order valence-electron chi connectivity index (χ0n) is 15.5. The molecule has 1 aliphatic heterocycles. The maximum absolute atomic E-state index is 9.98. The molecule has 7 nitrogen and oxygen atoms in total. The van der Waals surface area contributed by atoms with Crippen molar-refractivity contribution in [2.45, 2.75) is 51.2 Å². The predicted molar refractivity (Wildman–Crippen MR) is 115 cm³/mol. The number of piperidine rings is 1. The van der Waals surface area contributed by atoms with Crippen molar-refractivity contribution in [2.75, 3.05) is 31.1 Å². The second kappa shape index (κ2) is 10.9. The number of aromatic nitrogens is 2. The van der Waals surface area contributed by atoms with Crippen LogP contribution in [0.5, 0.6) is 0 Å². The number of halogens is 1. The maximum atomic E-state index is 9.98. The van der Waals surface area contributed by atoms with Crippen molar-refractivity contribution in [1.29, 1.82) is 0 Å². The molecule has 146 valence electrons. The van der Waals surface area contributed by atoms with E-state index >= 15 is 0 Å². The van der Waals surface area contributed by atoms with Crippen LogP contribution in [-0.2, 0) is 0 Å². The Morgan fingerprint density at radius 2 is 2.08 bits per heavy atom. The van der Waals surface area contributed by atoms with E-state index in [4.69, 9.17) is 4.99 Å². The number of rotatable bonds is 5. The summed E-state index contributed by atoms with van der Waals surface area (Å²) in [4.78, 5) is 15.7. The van der Waals surface area contributed by atoms with E-state index in [0.29, 0.717) is 18.5 Å². The molecule has 1 aliphatic carbocycles. The SMILES string of the molecule is CCNC(=NCC1CCCC1O)NC1CCCN(c2ncccn2)C1.I. The Kier molecular flexibility index (Phi) is 8.83. The fourth-order valence-corrected chi connectivity index (χ4v) is 3.68. The third-order valence-corrected chi connectivity index (χ3v) is 5.04. The summed E-state index contributed by atoms with van der Waals surface area (Å²) in [5.41, 5.74) is 0. The van der Waals surface area contributed by atoms with E-state index in [9.17, 15) is 5.11 Å². The number of hydrogen-bond acceptors (Lipinski definition) is 5. The van der Waals surface area contributed by atoms with Crippen molar-refractivity contribution in [3.8, 4) is 0 Å². The topological polar surface area (TPSA) is 85.7 Å². The van der Waals surface area contributed by atoms with E-state index in [1.54, 1.807) is 12.4 Å². The molecular weight excluding hydrogens is 443 g/mol. The molecule has 0 amide bonds. The van der Waals surface area contributed by atoms with Gasteiger partial charge in [0.25, 0.3) is 0 Å². The first kappa shape index (κ1) is 21.1. The summed E-state index contributed by atoms with van der Waals surface area (Å²) < 4.78 is 0. The lowest BCUT2D eigenvalue weighted by Crippen LogP contribution is -2.51. The second-order valence-electron chi connectivity index (χ2n) is 6.96. The molecule has 26 heavy (non-hydrogen) atoms. The summed E-state index contributed by atoms with van der Waals surface area (Å²) in [5.74, 6) is 1.95. The fourth-order valence-electron chi connectivity index (χ4n) is 3.68. The molecule has 0 radical (unpaired) electrons. The molecule has 0 bridgehead atoms. The van der Waals surface area contributed by atoms with Crippen molar-refractivity contribution in [2.24, 2.45) is 10.9 Å². The number of guanidine groups is 1. The van der Waals surface area contributed by atoms with Gasteiger partial charge in [0, 0.05) is 50.5 Å². The van der Waals surface area contributed by atoms with Crippen molar-refractivity contribution in [1.82, 2.24) is 20.6 Å². The number of hydrogen-bond donors (Lipinski definition) is 3. The number of aliphatic hydroxyl groups excluding tert-OH is 1. The molecule has 1 aromatic heterocycles. The minimum Gasteiger partial charge on any atom is -0.393 e. The van der Waals surface area contributed by atoms with Crippen molar-refractivity contribution < 1.29 is 5.11 Å². The Hall–Kier alpha value is -1.16. The molecule has 1 saturated heterocycles. The highest BCUT2D eigenvalue weighted by Gasteiger charge is 2.25. The summed E-state index contributed by atoms with van der Waals surface area (Å²) in [6.07, 6.45) is 8.71. The highest BCUT2D eigenvalue weighted by molar-refractivity contribution is 14.0. The standard InChI is InChI=1S/C18H30N6O.HI/c1-2-19-17(22-12-14-6-3-8-16(14)25)23-15-7-4-11-24(13-15)18-20-9-5-10-21-18;/h5,9-10,14-16,25H,2-4,6-8,11-13H2,1H3,(H2,19,22,23);1H. The van der Waals surface area contributed by atoms with E-state index in [2.05, 4.69) is 32.4 Å². The Morgan fingerprint density at radius 3 is 2.77 bits per heavy atom. The molecule has 8 heteroatoms. The molecule has 2 aliphatic rings. The van der Waals surface area contributed by atoms with Crippen LogP contribution in [0.2, 0.25) is 0 Å². The largest absolute Gasteiger partial charge is 0.393 e. The van der Waals surface area contributed by atoms with Gasteiger partial charge in [-0.25, -0.2) is 9.97 Å². The van der Waals surface area contributed by atoms with E-state index < -0.39 is 0 Å². The fraction of sp³-hybridized carbons (Fsp3) is 0.722. The average molecular weight is 474 g/mol. The Labute approximate surface area is 173 Å². The molecule has 2 fully saturated rings. The molecule has 1 aromatic rings. The van der Waals surface area contributed by atoms with Crippen molar-refractivity contribution in [3.63, 3.8) is 0 Å². The molecule has 3 unspecified atom stereocenters. The minimum atomic E-state index is -0.188. The molecule has 3 atom stereocenters. The van der Waals surface area contributed by atoms with Gasteiger partial charge in [-0.2, -0.15) is 0 Å². The zero-order valence-corrected chi connectivity index (χ0v) is 17.8. The molecule has 1 saturated carbocycles. The summed E-state index contributed by atoms with van der Waals surface area (Å²) in [6.45, 7) is 5.46. The van der Waals surface area contributed by atoms with Crippen LogP contribution in [0.15, 0.2) is 23.5 Å². The number of anilines is 1. The summed E-state index contributed by atoms with van der Waals surface area (Å²) in [6, 6.07) is 2.17. The second-order valence-corrected chi connectivity index (χ2v) is 6.96. The normalized spacial score (nSPS) is 26.3. The number of aliphatic hydroxyl groups is 1. The Bertz CT molecular complexity index is 558. The molecule has 0 aromatic carbocycles. The molecular formula is C18H31IN6O. The van der Waals surface area contributed by atoms with Crippen LogP contribution in [0.3, 0.4) is 0 Å². The van der Waals surface area contributed by atoms with Crippen molar-refractivity contribution >= 4 is 35.9 Å². The molecule has 0 spiro atoms. The van der Waals surface area contributed by atoms with Crippen LogP contribution in [0.1, 0.15) is 39.0 Å². The first-order chi connectivity index (χ1) is 12.3. The van der Waals surface area contributed by atoms with E-state index in [1.165, 1.54) is 0 Å². The van der Waals surface area contributed by atoms with E-state index in [-0.39, 0.29) is 30.1 Å². The lowest BCUT2D eigenvalue weighted by atomic mass is 10.1. The quantitative estimate of drug-likeness (QED) is 0.343. The van der Waals surface area contributed by atoms with Crippen molar-refractivity contribution in [3.05, 3.63) is 18.5 Å². The highest BCUT2D eigenvalue weighted by Crippen LogP contribution is 2.25. The van der Waals surface area contributed by atoms with Crippen LogP contribution in [0, 0.1) is 5.92 Å². The van der Waals surface area contributed by atoms with Crippen LogP contribution < -0.4 is 15.5 Å². The number of aliphatic imine (C=N–C) groups is 1. The van der Waals surface area contributed by atoms with Crippen LogP contribution in [0.25, 0.3) is 0 Å². The zero-order chi connectivity index (χ0) is 17.5. The maximum Gasteiger partial charge on any atom is 0.225 e. The van der Waals surface area contributed by atoms with Gasteiger partial charge in [-0.15, -0.1) is 24.0 Å². The highest BCUT2D eigenvalue weighted by atomic mass is 127. The first-order valence-electron chi connectivity index (χ1n) is 9.51. The van der Waals surface area contributed by atoms with E-state index in [0.717, 1.165) is 63.6 Å². The van der Waals surface area contributed by atoms with Gasteiger partial charge in [-0.05, 0) is 38.7 Å². The van der Waals surface area contributed by atoms with Gasteiger partial charge in [0.05, 0.1) is 6.10 Å². The average Bonchev–Trinajstić information content (AvgIpc) is 3.06. The third kappa shape index (κ3) is 5.94. The van der Waals surface area contributed by atoms with Crippen LogP contribution in [0.4, 0.5) is 5.95 Å². The minimum absolute atomic E-state index is 0. The summed E-state index contributed by atoms with van der Waals surface area (Å²) >= 11 is 0. The van der Waals surface area contributed by atoms with E-state index in [1.807, 2.05) is 6.07 Å². The lowest BCUT2D eigenvalue weighted by Gasteiger charge is -2.33. The van der Waals surface area contributed by atoms with Gasteiger partial charge in [-0.1, -0.05) is 6.42 Å². The number of nitrogens with one attached hydrogen (secondary N) is 2. The van der Waals surface area contributed by atoms with Crippen LogP contribution >= 0.6 is 24.0 Å². The smallest absolute Gasteiger partial charge is 0.225 e. The first-order valence-corrected chi connectivity index (χ1v) is 9.51. The van der Waals surface area contributed by atoms with Gasteiger partial charge in [0.15, 0.2) is 5.96 Å². The molecule has 2 heterocycles. The lowest BCUT2D eigenvalue weighted by molar-refractivity contribution is 0.136. The van der Waals surface area contributed by atoms with Gasteiger partial charge in [0.2, 0.25) is 5.95 Å². The predicted octanol–water partition coefficient (Wildman–Crippen LogP) is 1.78. The third-order valence-electron chi connectivity index (χ3n) is 5.04.